The van der Waals surface area contributed by atoms with Crippen molar-refractivity contribution in [2.45, 2.75) is 39.8 Å². The van der Waals surface area contributed by atoms with E-state index in [1.165, 1.54) is 6.92 Å². The van der Waals surface area contributed by atoms with E-state index in [9.17, 15) is 9.59 Å². The number of rotatable bonds is 5. The van der Waals surface area contributed by atoms with Crippen LogP contribution in [0.25, 0.3) is 0 Å². The summed E-state index contributed by atoms with van der Waals surface area (Å²) in [6.07, 6.45) is -0.492. The Hall–Kier alpha value is -2.44. The molecule has 7 nitrogen and oxygen atoms in total. The number of fused-ring (bicyclic) bond motifs is 1. The topological polar surface area (TPSA) is 77.1 Å². The first-order valence-corrected chi connectivity index (χ1v) is 7.85. The maximum absolute atomic E-state index is 11.8. The summed E-state index contributed by atoms with van der Waals surface area (Å²) in [6.45, 7) is 8.26. The maximum atomic E-state index is 11.8. The predicted molar refractivity (Wildman–Crippen MR) is 87.9 cm³/mol. The van der Waals surface area contributed by atoms with Gasteiger partial charge in [-0.05, 0) is 38.5 Å². The van der Waals surface area contributed by atoms with E-state index in [-0.39, 0.29) is 12.7 Å². The highest BCUT2D eigenvalue weighted by atomic mass is 16.7. The van der Waals surface area contributed by atoms with Crippen molar-refractivity contribution in [2.75, 3.05) is 19.9 Å². The first-order valence-electron chi connectivity index (χ1n) is 7.85. The molecule has 24 heavy (non-hydrogen) atoms. The van der Waals surface area contributed by atoms with E-state index in [4.69, 9.17) is 14.2 Å². The van der Waals surface area contributed by atoms with E-state index in [1.54, 1.807) is 25.7 Å². The Labute approximate surface area is 141 Å². The fourth-order valence-electron chi connectivity index (χ4n) is 2.21. The number of benzene rings is 1. The highest BCUT2D eigenvalue weighted by molar-refractivity contribution is 5.73. The molecule has 132 valence electrons. The van der Waals surface area contributed by atoms with Gasteiger partial charge in [0, 0.05) is 26.6 Å². The van der Waals surface area contributed by atoms with Crippen molar-refractivity contribution >= 4 is 12.0 Å². The second-order valence-electron chi connectivity index (χ2n) is 6.56. The molecule has 1 N–H and O–H groups in total. The molecule has 1 aromatic rings. The summed E-state index contributed by atoms with van der Waals surface area (Å²) in [5.41, 5.74) is 0.392. The third-order valence-electron chi connectivity index (χ3n) is 3.31. The van der Waals surface area contributed by atoms with E-state index < -0.39 is 11.7 Å². The van der Waals surface area contributed by atoms with E-state index in [1.807, 2.05) is 18.2 Å². The van der Waals surface area contributed by atoms with Crippen molar-refractivity contribution in [2.24, 2.45) is 0 Å². The zero-order valence-corrected chi connectivity index (χ0v) is 14.5. The SMILES string of the molecule is CC(=O)N(CCNC(=O)OC(C)(C)C)Cc1ccc2c(c1)OCO2. The molecule has 0 saturated carbocycles. The highest BCUT2D eigenvalue weighted by Crippen LogP contribution is 2.32. The number of ether oxygens (including phenoxy) is 3. The highest BCUT2D eigenvalue weighted by Gasteiger charge is 2.18. The van der Waals surface area contributed by atoms with E-state index in [0.717, 1.165) is 5.56 Å². The zero-order chi connectivity index (χ0) is 17.7. The lowest BCUT2D eigenvalue weighted by Gasteiger charge is -2.23. The monoisotopic (exact) mass is 336 g/mol. The van der Waals surface area contributed by atoms with Crippen molar-refractivity contribution in [1.82, 2.24) is 10.2 Å². The Balaban J connectivity index is 1.86. The second-order valence-corrected chi connectivity index (χ2v) is 6.56. The summed E-state index contributed by atoms with van der Waals surface area (Å²) >= 11 is 0. The molecule has 1 aromatic carbocycles. The maximum Gasteiger partial charge on any atom is 0.407 e. The Morgan fingerprint density at radius 2 is 1.96 bits per heavy atom. The normalized spacial score (nSPS) is 12.7. The van der Waals surface area contributed by atoms with Crippen LogP contribution >= 0.6 is 0 Å². The molecular formula is C17H24N2O5. The van der Waals surface area contributed by atoms with Gasteiger partial charge in [0.25, 0.3) is 0 Å². The molecule has 1 aliphatic heterocycles. The fourth-order valence-corrected chi connectivity index (χ4v) is 2.21. The summed E-state index contributed by atoms with van der Waals surface area (Å²) in [6, 6.07) is 5.58. The third kappa shape index (κ3) is 5.33. The summed E-state index contributed by atoms with van der Waals surface area (Å²) < 4.78 is 15.8. The van der Waals surface area contributed by atoms with E-state index >= 15 is 0 Å². The van der Waals surface area contributed by atoms with Gasteiger partial charge in [0.05, 0.1) is 0 Å². The van der Waals surface area contributed by atoms with Gasteiger partial charge in [0.2, 0.25) is 12.7 Å². The van der Waals surface area contributed by atoms with Crippen molar-refractivity contribution in [3.05, 3.63) is 23.8 Å². The van der Waals surface area contributed by atoms with Crippen LogP contribution in [-0.2, 0) is 16.1 Å². The zero-order valence-electron chi connectivity index (χ0n) is 14.5. The van der Waals surface area contributed by atoms with Gasteiger partial charge in [-0.1, -0.05) is 6.07 Å². The van der Waals surface area contributed by atoms with Gasteiger partial charge in [-0.25, -0.2) is 4.79 Å². The van der Waals surface area contributed by atoms with Crippen LogP contribution in [0.1, 0.15) is 33.3 Å². The molecule has 1 heterocycles. The number of alkyl carbamates (subject to hydrolysis) is 1. The van der Waals surface area contributed by atoms with Crippen LogP contribution in [0.2, 0.25) is 0 Å². The summed E-state index contributed by atoms with van der Waals surface area (Å²) in [7, 11) is 0. The minimum absolute atomic E-state index is 0.0707. The Bertz CT molecular complexity index is 609. The number of carbonyl (C=O) groups is 2. The molecule has 0 fully saturated rings. The number of hydrogen-bond acceptors (Lipinski definition) is 5. The van der Waals surface area contributed by atoms with Crippen LogP contribution in [0.3, 0.4) is 0 Å². The van der Waals surface area contributed by atoms with Gasteiger partial charge >= 0.3 is 6.09 Å². The summed E-state index contributed by atoms with van der Waals surface area (Å²) in [5.74, 6) is 1.32. The molecule has 0 aromatic heterocycles. The molecule has 2 rings (SSSR count). The van der Waals surface area contributed by atoms with Crippen LogP contribution < -0.4 is 14.8 Å². The molecular weight excluding hydrogens is 312 g/mol. The third-order valence-corrected chi connectivity index (χ3v) is 3.31. The van der Waals surface area contributed by atoms with Crippen LogP contribution in [0.4, 0.5) is 4.79 Å². The molecule has 0 unspecified atom stereocenters. The van der Waals surface area contributed by atoms with Crippen LogP contribution in [0, 0.1) is 0 Å². The number of hydrogen-bond donors (Lipinski definition) is 1. The quantitative estimate of drug-likeness (QED) is 0.893. The lowest BCUT2D eigenvalue weighted by molar-refractivity contribution is -0.129. The van der Waals surface area contributed by atoms with Crippen molar-refractivity contribution in [3.8, 4) is 11.5 Å². The van der Waals surface area contributed by atoms with Gasteiger partial charge in [-0.3, -0.25) is 4.79 Å². The van der Waals surface area contributed by atoms with Gasteiger partial charge in [-0.15, -0.1) is 0 Å². The van der Waals surface area contributed by atoms with Gasteiger partial charge < -0.3 is 24.4 Å². The van der Waals surface area contributed by atoms with Crippen molar-refractivity contribution in [3.63, 3.8) is 0 Å². The minimum atomic E-state index is -0.545. The average molecular weight is 336 g/mol. The second kappa shape index (κ2) is 7.42. The average Bonchev–Trinajstić information content (AvgIpc) is 2.91. The summed E-state index contributed by atoms with van der Waals surface area (Å²) in [5, 5.41) is 2.65. The van der Waals surface area contributed by atoms with E-state index in [2.05, 4.69) is 5.32 Å². The molecule has 0 bridgehead atoms. The molecule has 2 amide bonds. The lowest BCUT2D eigenvalue weighted by Crippen LogP contribution is -2.39. The number of carbonyl (C=O) groups excluding carboxylic acids is 2. The Morgan fingerprint density at radius 3 is 2.62 bits per heavy atom. The minimum Gasteiger partial charge on any atom is -0.454 e. The number of amides is 2. The van der Waals surface area contributed by atoms with Gasteiger partial charge in [-0.2, -0.15) is 0 Å². The molecule has 0 atom stereocenters. The lowest BCUT2D eigenvalue weighted by atomic mass is 10.2. The smallest absolute Gasteiger partial charge is 0.407 e. The number of nitrogens with one attached hydrogen (secondary N) is 1. The van der Waals surface area contributed by atoms with Crippen LogP contribution in [-0.4, -0.2) is 42.4 Å². The van der Waals surface area contributed by atoms with Gasteiger partial charge in [0.1, 0.15) is 5.60 Å². The molecule has 0 spiro atoms. The molecule has 1 aliphatic rings. The van der Waals surface area contributed by atoms with Crippen molar-refractivity contribution < 1.29 is 23.8 Å². The van der Waals surface area contributed by atoms with E-state index in [0.29, 0.717) is 31.1 Å². The number of nitrogens with zero attached hydrogens (tertiary/aromatic N) is 1. The molecule has 7 heteroatoms. The first kappa shape index (κ1) is 17.9. The summed E-state index contributed by atoms with van der Waals surface area (Å²) in [4.78, 5) is 25.1. The van der Waals surface area contributed by atoms with Crippen molar-refractivity contribution in [1.29, 1.82) is 0 Å². The van der Waals surface area contributed by atoms with Crippen LogP contribution in [0.15, 0.2) is 18.2 Å². The van der Waals surface area contributed by atoms with Crippen LogP contribution in [0.5, 0.6) is 11.5 Å². The standard InChI is InChI=1S/C17H24N2O5/c1-12(20)19(8-7-18-16(21)24-17(2,3)4)10-13-5-6-14-15(9-13)23-11-22-14/h5-6,9H,7-8,10-11H2,1-4H3,(H,18,21). The Morgan fingerprint density at radius 1 is 1.25 bits per heavy atom. The fraction of sp³-hybridized carbons (Fsp3) is 0.529. The molecule has 0 saturated heterocycles. The first-order chi connectivity index (χ1) is 11.2. The molecule has 0 radical (unpaired) electrons. The predicted octanol–water partition coefficient (Wildman–Crippen LogP) is 2.29. The van der Waals surface area contributed by atoms with Gasteiger partial charge in [0.15, 0.2) is 11.5 Å². The largest absolute Gasteiger partial charge is 0.454 e. The molecule has 0 aliphatic carbocycles. The Kier molecular flexibility index (Phi) is 5.54.